The van der Waals surface area contributed by atoms with Crippen LogP contribution < -0.4 is 5.32 Å². The maximum atomic E-state index is 4.23. The molecule has 1 atom stereocenters. The van der Waals surface area contributed by atoms with Crippen LogP contribution in [0.3, 0.4) is 0 Å². The van der Waals surface area contributed by atoms with Gasteiger partial charge in [0, 0.05) is 25.0 Å². The van der Waals surface area contributed by atoms with Crippen LogP contribution in [0.4, 0.5) is 0 Å². The molecule has 102 valence electrons. The number of aromatic nitrogens is 2. The monoisotopic (exact) mass is 249 g/mol. The van der Waals surface area contributed by atoms with Crippen molar-refractivity contribution in [3.63, 3.8) is 0 Å². The second-order valence-corrected chi connectivity index (χ2v) is 5.70. The highest BCUT2D eigenvalue weighted by Gasteiger charge is 2.16. The molecular weight excluding hydrogens is 222 g/mol. The number of rotatable bonds is 7. The van der Waals surface area contributed by atoms with E-state index in [9.17, 15) is 0 Å². The summed E-state index contributed by atoms with van der Waals surface area (Å²) in [6.07, 6.45) is 12.9. The highest BCUT2D eigenvalue weighted by Crippen LogP contribution is 2.29. The minimum atomic E-state index is 0.667. The normalized spacial score (nSPS) is 18.3. The van der Waals surface area contributed by atoms with Crippen molar-refractivity contribution in [2.75, 3.05) is 7.05 Å². The zero-order valence-electron chi connectivity index (χ0n) is 11.9. The van der Waals surface area contributed by atoms with E-state index in [0.29, 0.717) is 6.04 Å². The Morgan fingerprint density at radius 2 is 2.17 bits per heavy atom. The lowest BCUT2D eigenvalue weighted by atomic mass is 9.96. The van der Waals surface area contributed by atoms with Crippen LogP contribution in [0.1, 0.15) is 50.6 Å². The molecule has 0 amide bonds. The number of nitrogens with zero attached hydrogens (tertiary/aromatic N) is 2. The van der Waals surface area contributed by atoms with Crippen LogP contribution in [-0.2, 0) is 13.5 Å². The van der Waals surface area contributed by atoms with Gasteiger partial charge in [-0.1, -0.05) is 25.7 Å². The molecule has 0 aromatic carbocycles. The van der Waals surface area contributed by atoms with Gasteiger partial charge < -0.3 is 5.32 Å². The molecule has 0 saturated heterocycles. The first-order chi connectivity index (χ1) is 8.79. The summed E-state index contributed by atoms with van der Waals surface area (Å²) in [7, 11) is 4.13. The fourth-order valence-electron chi connectivity index (χ4n) is 3.14. The van der Waals surface area contributed by atoms with Crippen LogP contribution >= 0.6 is 0 Å². The third-order valence-electron chi connectivity index (χ3n) is 4.48. The average Bonchev–Trinajstić information content (AvgIpc) is 3.01. The topological polar surface area (TPSA) is 29.9 Å². The zero-order valence-corrected chi connectivity index (χ0v) is 11.9. The molecule has 18 heavy (non-hydrogen) atoms. The van der Waals surface area contributed by atoms with Crippen LogP contribution in [0.2, 0.25) is 0 Å². The van der Waals surface area contributed by atoms with Gasteiger partial charge in [-0.25, -0.2) is 0 Å². The summed E-state index contributed by atoms with van der Waals surface area (Å²) in [5, 5.41) is 7.70. The van der Waals surface area contributed by atoms with Gasteiger partial charge in [-0.05, 0) is 44.7 Å². The van der Waals surface area contributed by atoms with Crippen molar-refractivity contribution in [3.05, 3.63) is 18.0 Å². The second kappa shape index (κ2) is 6.93. The van der Waals surface area contributed by atoms with Crippen molar-refractivity contribution in [2.45, 2.75) is 57.4 Å². The molecule has 1 aliphatic rings. The third-order valence-corrected chi connectivity index (χ3v) is 4.48. The van der Waals surface area contributed by atoms with Crippen LogP contribution in [0.5, 0.6) is 0 Å². The van der Waals surface area contributed by atoms with Gasteiger partial charge in [0.1, 0.15) is 0 Å². The van der Waals surface area contributed by atoms with E-state index in [1.165, 1.54) is 50.6 Å². The van der Waals surface area contributed by atoms with Crippen molar-refractivity contribution in [2.24, 2.45) is 13.0 Å². The molecule has 0 spiro atoms. The van der Waals surface area contributed by atoms with Gasteiger partial charge in [-0.2, -0.15) is 5.10 Å². The highest BCUT2D eigenvalue weighted by molar-refractivity contribution is 5.00. The molecule has 1 fully saturated rings. The molecule has 0 radical (unpaired) electrons. The van der Waals surface area contributed by atoms with Gasteiger partial charge in [-0.15, -0.1) is 0 Å². The number of hydrogen-bond acceptors (Lipinski definition) is 2. The maximum Gasteiger partial charge on any atom is 0.0492 e. The Hall–Kier alpha value is -0.830. The Balaban J connectivity index is 1.70. The van der Waals surface area contributed by atoms with Crippen molar-refractivity contribution >= 4 is 0 Å². The molecule has 1 unspecified atom stereocenters. The Labute approximate surface area is 111 Å². The van der Waals surface area contributed by atoms with Crippen LogP contribution in [0.25, 0.3) is 0 Å². The number of aryl methyl sites for hydroxylation is 2. The average molecular weight is 249 g/mol. The lowest BCUT2D eigenvalue weighted by Crippen LogP contribution is -2.26. The Bertz CT molecular complexity index is 339. The molecule has 3 nitrogen and oxygen atoms in total. The molecule has 1 N–H and O–H groups in total. The number of hydrogen-bond donors (Lipinski definition) is 1. The van der Waals surface area contributed by atoms with Crippen molar-refractivity contribution in [1.82, 2.24) is 15.1 Å². The Kier molecular flexibility index (Phi) is 5.24. The first-order valence-corrected chi connectivity index (χ1v) is 7.43. The lowest BCUT2D eigenvalue weighted by molar-refractivity contribution is 0.404. The first kappa shape index (κ1) is 13.6. The first-order valence-electron chi connectivity index (χ1n) is 7.43. The minimum Gasteiger partial charge on any atom is -0.317 e. The number of nitrogens with one attached hydrogen (secondary N) is 1. The van der Waals surface area contributed by atoms with Crippen molar-refractivity contribution in [1.29, 1.82) is 0 Å². The molecule has 1 saturated carbocycles. The van der Waals surface area contributed by atoms with E-state index in [1.54, 1.807) is 0 Å². The minimum absolute atomic E-state index is 0.667. The summed E-state index contributed by atoms with van der Waals surface area (Å²) in [6, 6.07) is 2.80. The quantitative estimate of drug-likeness (QED) is 0.805. The van der Waals surface area contributed by atoms with Crippen molar-refractivity contribution < 1.29 is 0 Å². The molecule has 2 rings (SSSR count). The van der Waals surface area contributed by atoms with E-state index in [0.717, 1.165) is 12.3 Å². The standard InChI is InChI=1S/C15H27N3/c1-16-14(8-7-13-5-3-4-6-13)9-10-15-11-12-17-18(15)2/h11-14,16H,3-10H2,1-2H3. The summed E-state index contributed by atoms with van der Waals surface area (Å²) >= 11 is 0. The van der Waals surface area contributed by atoms with Gasteiger partial charge in [0.15, 0.2) is 0 Å². The predicted octanol–water partition coefficient (Wildman–Crippen LogP) is 2.91. The summed E-state index contributed by atoms with van der Waals surface area (Å²) in [5.74, 6) is 1.01. The lowest BCUT2D eigenvalue weighted by Gasteiger charge is -2.18. The largest absolute Gasteiger partial charge is 0.317 e. The summed E-state index contributed by atoms with van der Waals surface area (Å²) < 4.78 is 1.99. The molecular formula is C15H27N3. The van der Waals surface area contributed by atoms with E-state index in [1.807, 2.05) is 17.9 Å². The Morgan fingerprint density at radius 3 is 2.78 bits per heavy atom. The predicted molar refractivity (Wildman–Crippen MR) is 75.6 cm³/mol. The van der Waals surface area contributed by atoms with E-state index in [2.05, 4.69) is 23.5 Å². The van der Waals surface area contributed by atoms with Crippen LogP contribution in [0, 0.1) is 5.92 Å². The zero-order chi connectivity index (χ0) is 12.8. The molecule has 1 aromatic rings. The summed E-state index contributed by atoms with van der Waals surface area (Å²) in [5.41, 5.74) is 1.34. The van der Waals surface area contributed by atoms with E-state index >= 15 is 0 Å². The fraction of sp³-hybridized carbons (Fsp3) is 0.800. The summed E-state index contributed by atoms with van der Waals surface area (Å²) in [6.45, 7) is 0. The molecule has 1 aliphatic carbocycles. The third kappa shape index (κ3) is 3.84. The molecule has 1 aromatic heterocycles. The fourth-order valence-corrected chi connectivity index (χ4v) is 3.14. The SMILES string of the molecule is CNC(CCc1ccnn1C)CCC1CCCC1. The Morgan fingerprint density at radius 1 is 1.39 bits per heavy atom. The van der Waals surface area contributed by atoms with Crippen molar-refractivity contribution in [3.8, 4) is 0 Å². The molecule has 0 bridgehead atoms. The second-order valence-electron chi connectivity index (χ2n) is 5.70. The molecule has 0 aliphatic heterocycles. The smallest absolute Gasteiger partial charge is 0.0492 e. The van der Waals surface area contributed by atoms with E-state index < -0.39 is 0 Å². The van der Waals surface area contributed by atoms with Gasteiger partial charge in [0.2, 0.25) is 0 Å². The van der Waals surface area contributed by atoms with Gasteiger partial charge in [0.05, 0.1) is 0 Å². The van der Waals surface area contributed by atoms with Crippen LogP contribution in [-0.4, -0.2) is 22.9 Å². The van der Waals surface area contributed by atoms with Gasteiger partial charge in [0.25, 0.3) is 0 Å². The van der Waals surface area contributed by atoms with Gasteiger partial charge in [-0.3, -0.25) is 4.68 Å². The maximum absolute atomic E-state index is 4.23. The van der Waals surface area contributed by atoms with Gasteiger partial charge >= 0.3 is 0 Å². The van der Waals surface area contributed by atoms with E-state index in [4.69, 9.17) is 0 Å². The highest BCUT2D eigenvalue weighted by atomic mass is 15.2. The molecule has 3 heteroatoms. The van der Waals surface area contributed by atoms with Crippen LogP contribution in [0.15, 0.2) is 12.3 Å². The summed E-state index contributed by atoms with van der Waals surface area (Å²) in [4.78, 5) is 0. The van der Waals surface area contributed by atoms with E-state index in [-0.39, 0.29) is 0 Å². The molecule has 1 heterocycles.